The third kappa shape index (κ3) is 3.20. The Bertz CT molecular complexity index is 881. The molecule has 0 unspecified atom stereocenters. The van der Waals surface area contributed by atoms with Gasteiger partial charge in [-0.05, 0) is 55.3 Å². The minimum absolute atomic E-state index is 0.248. The van der Waals surface area contributed by atoms with Gasteiger partial charge in [0.05, 0.1) is 11.4 Å². The summed E-state index contributed by atoms with van der Waals surface area (Å²) in [6.07, 6.45) is 2.34. The van der Waals surface area contributed by atoms with E-state index in [1.54, 1.807) is 12.1 Å². The number of rotatable bonds is 3. The normalized spacial score (nSPS) is 14.0. The number of halogens is 1. The zero-order valence-electron chi connectivity index (χ0n) is 13.7. The predicted molar refractivity (Wildman–Crippen MR) is 101 cm³/mol. The Morgan fingerprint density at radius 2 is 1.64 bits per heavy atom. The lowest BCUT2D eigenvalue weighted by molar-refractivity contribution is 0.528. The van der Waals surface area contributed by atoms with E-state index in [1.807, 2.05) is 41.1 Å². The molecule has 0 saturated carbocycles. The van der Waals surface area contributed by atoms with Crippen molar-refractivity contribution in [1.82, 2.24) is 14.7 Å². The van der Waals surface area contributed by atoms with Crippen LogP contribution in [-0.4, -0.2) is 32.8 Å². The number of aromatic nitrogens is 2. The summed E-state index contributed by atoms with van der Waals surface area (Å²) >= 11 is 5.66. The Morgan fingerprint density at radius 3 is 2.32 bits per heavy atom. The van der Waals surface area contributed by atoms with Crippen molar-refractivity contribution in [3.63, 3.8) is 0 Å². The third-order valence-corrected chi connectivity index (χ3v) is 4.93. The first kappa shape index (κ1) is 16.0. The van der Waals surface area contributed by atoms with Gasteiger partial charge in [0.1, 0.15) is 16.5 Å². The average Bonchev–Trinajstić information content (AvgIpc) is 3.33. The Labute approximate surface area is 151 Å². The van der Waals surface area contributed by atoms with E-state index in [0.29, 0.717) is 0 Å². The molecule has 3 nitrogen and oxygen atoms in total. The highest BCUT2D eigenvalue weighted by atomic mass is 32.1. The molecule has 0 bridgehead atoms. The minimum Gasteiger partial charge on any atom is -0.361 e. The summed E-state index contributed by atoms with van der Waals surface area (Å²) in [6.45, 7) is 1.98. The van der Waals surface area contributed by atoms with Crippen LogP contribution in [0.2, 0.25) is 0 Å². The van der Waals surface area contributed by atoms with Gasteiger partial charge >= 0.3 is 0 Å². The Balaban J connectivity index is 1.80. The minimum atomic E-state index is -0.248. The van der Waals surface area contributed by atoms with Gasteiger partial charge in [-0.15, -0.1) is 0 Å². The van der Waals surface area contributed by atoms with Crippen molar-refractivity contribution in [2.75, 3.05) is 13.1 Å². The van der Waals surface area contributed by atoms with Crippen LogP contribution in [0.1, 0.15) is 18.5 Å². The van der Waals surface area contributed by atoms with E-state index in [2.05, 4.69) is 4.90 Å². The highest BCUT2D eigenvalue weighted by Gasteiger charge is 2.21. The van der Waals surface area contributed by atoms with Crippen molar-refractivity contribution >= 4 is 17.2 Å². The summed E-state index contributed by atoms with van der Waals surface area (Å²) in [6, 6.07) is 18.4. The lowest BCUT2D eigenvalue weighted by Crippen LogP contribution is -2.27. The molecule has 1 saturated heterocycles. The zero-order valence-corrected chi connectivity index (χ0v) is 14.5. The molecule has 1 aromatic heterocycles. The van der Waals surface area contributed by atoms with Crippen LogP contribution in [0.5, 0.6) is 0 Å². The van der Waals surface area contributed by atoms with Crippen molar-refractivity contribution in [2.45, 2.75) is 12.8 Å². The number of benzene rings is 2. The molecule has 25 heavy (non-hydrogen) atoms. The molecule has 0 amide bonds. The number of hydrogen-bond donors (Lipinski definition) is 0. The van der Waals surface area contributed by atoms with Crippen LogP contribution < -0.4 is 0 Å². The SMILES string of the molecule is Fc1ccc(-c2cc(C(=S)N3CCCC3)nn2-c2ccccc2)cc1. The number of thiocarbonyl (C=S) groups is 1. The summed E-state index contributed by atoms with van der Waals surface area (Å²) in [5.41, 5.74) is 3.56. The molecule has 1 aliphatic rings. The van der Waals surface area contributed by atoms with Gasteiger partial charge in [-0.3, -0.25) is 0 Å². The topological polar surface area (TPSA) is 21.1 Å². The van der Waals surface area contributed by atoms with E-state index in [4.69, 9.17) is 17.3 Å². The summed E-state index contributed by atoms with van der Waals surface area (Å²) in [4.78, 5) is 3.00. The molecule has 2 aromatic carbocycles. The second-order valence-corrected chi connectivity index (χ2v) is 6.56. The van der Waals surface area contributed by atoms with E-state index in [9.17, 15) is 4.39 Å². The van der Waals surface area contributed by atoms with Gasteiger partial charge in [-0.25, -0.2) is 9.07 Å². The first-order chi connectivity index (χ1) is 12.2. The molecule has 4 rings (SSSR count). The van der Waals surface area contributed by atoms with Crippen LogP contribution in [0.3, 0.4) is 0 Å². The Morgan fingerprint density at radius 1 is 0.960 bits per heavy atom. The maximum atomic E-state index is 13.3. The molecule has 0 atom stereocenters. The third-order valence-electron chi connectivity index (χ3n) is 4.46. The van der Waals surface area contributed by atoms with Gasteiger partial charge in [-0.1, -0.05) is 30.4 Å². The summed E-state index contributed by atoms with van der Waals surface area (Å²) < 4.78 is 15.2. The maximum absolute atomic E-state index is 13.3. The molecule has 5 heteroatoms. The van der Waals surface area contributed by atoms with Crippen molar-refractivity contribution in [3.05, 3.63) is 72.2 Å². The Hall–Kier alpha value is -2.53. The highest BCUT2D eigenvalue weighted by molar-refractivity contribution is 7.80. The predicted octanol–water partition coefficient (Wildman–Crippen LogP) is 4.45. The van der Waals surface area contributed by atoms with Crippen LogP contribution in [0, 0.1) is 5.82 Å². The van der Waals surface area contributed by atoms with Crippen LogP contribution in [-0.2, 0) is 0 Å². The molecular formula is C20H18FN3S. The first-order valence-electron chi connectivity index (χ1n) is 8.43. The average molecular weight is 351 g/mol. The standard InChI is InChI=1S/C20H18FN3S/c21-16-10-8-15(9-11-16)19-14-18(20(25)23-12-4-5-13-23)22-24(19)17-6-2-1-3-7-17/h1-3,6-11,14H,4-5,12-13H2. The van der Waals surface area contributed by atoms with E-state index < -0.39 is 0 Å². The van der Waals surface area contributed by atoms with Crippen LogP contribution in [0.15, 0.2) is 60.7 Å². The first-order valence-corrected chi connectivity index (χ1v) is 8.84. The van der Waals surface area contributed by atoms with Crippen molar-refractivity contribution in [2.24, 2.45) is 0 Å². The summed E-state index contributed by atoms with van der Waals surface area (Å²) in [5, 5.41) is 4.76. The van der Waals surface area contributed by atoms with Gasteiger partial charge in [0.15, 0.2) is 0 Å². The number of likely N-dealkylation sites (tertiary alicyclic amines) is 1. The van der Waals surface area contributed by atoms with Crippen LogP contribution >= 0.6 is 12.2 Å². The maximum Gasteiger partial charge on any atom is 0.129 e. The van der Waals surface area contributed by atoms with Crippen molar-refractivity contribution in [3.8, 4) is 16.9 Å². The summed E-state index contributed by atoms with van der Waals surface area (Å²) in [5.74, 6) is -0.248. The molecule has 0 spiro atoms. The fourth-order valence-corrected chi connectivity index (χ4v) is 3.44. The fraction of sp³-hybridized carbons (Fsp3) is 0.200. The monoisotopic (exact) mass is 351 g/mol. The highest BCUT2D eigenvalue weighted by Crippen LogP contribution is 2.26. The van der Waals surface area contributed by atoms with Gasteiger partial charge in [-0.2, -0.15) is 5.10 Å². The molecule has 126 valence electrons. The summed E-state index contributed by atoms with van der Waals surface area (Å²) in [7, 11) is 0. The van der Waals surface area contributed by atoms with E-state index in [1.165, 1.54) is 25.0 Å². The molecule has 1 aliphatic heterocycles. The smallest absolute Gasteiger partial charge is 0.129 e. The fourth-order valence-electron chi connectivity index (χ4n) is 3.16. The van der Waals surface area contributed by atoms with E-state index in [-0.39, 0.29) is 5.82 Å². The number of nitrogens with zero attached hydrogens (tertiary/aromatic N) is 3. The van der Waals surface area contributed by atoms with Crippen LogP contribution in [0.25, 0.3) is 16.9 Å². The van der Waals surface area contributed by atoms with Crippen molar-refractivity contribution in [1.29, 1.82) is 0 Å². The largest absolute Gasteiger partial charge is 0.361 e. The van der Waals surface area contributed by atoms with Gasteiger partial charge in [0.2, 0.25) is 0 Å². The lowest BCUT2D eigenvalue weighted by Gasteiger charge is -2.16. The molecule has 0 N–H and O–H groups in total. The number of para-hydroxylation sites is 1. The molecule has 2 heterocycles. The second-order valence-electron chi connectivity index (χ2n) is 6.17. The molecule has 3 aromatic rings. The molecular weight excluding hydrogens is 333 g/mol. The number of hydrogen-bond acceptors (Lipinski definition) is 2. The molecule has 0 aliphatic carbocycles. The molecule has 1 fully saturated rings. The van der Waals surface area contributed by atoms with E-state index >= 15 is 0 Å². The quantitative estimate of drug-likeness (QED) is 0.651. The zero-order chi connectivity index (χ0) is 17.2. The Kier molecular flexibility index (Phi) is 4.32. The second kappa shape index (κ2) is 6.76. The molecule has 0 radical (unpaired) electrons. The lowest BCUT2D eigenvalue weighted by atomic mass is 10.1. The van der Waals surface area contributed by atoms with E-state index in [0.717, 1.165) is 40.7 Å². The van der Waals surface area contributed by atoms with Gasteiger partial charge in [0.25, 0.3) is 0 Å². The van der Waals surface area contributed by atoms with Crippen LogP contribution in [0.4, 0.5) is 4.39 Å². The van der Waals surface area contributed by atoms with Gasteiger partial charge in [0, 0.05) is 18.7 Å². The van der Waals surface area contributed by atoms with Crippen molar-refractivity contribution < 1.29 is 4.39 Å². The van der Waals surface area contributed by atoms with Gasteiger partial charge < -0.3 is 4.90 Å².